The molecule has 0 aliphatic heterocycles. The van der Waals surface area contributed by atoms with Crippen LogP contribution >= 0.6 is 43.2 Å². The number of halogens is 2. The zero-order valence-electron chi connectivity index (χ0n) is 9.57. The molecule has 0 amide bonds. The number of benzene rings is 1. The van der Waals surface area contributed by atoms with Gasteiger partial charge < -0.3 is 5.11 Å². The largest absolute Gasteiger partial charge is 0.387 e. The van der Waals surface area contributed by atoms with Gasteiger partial charge in [-0.25, -0.2) is 0 Å². The molecule has 18 heavy (non-hydrogen) atoms. The van der Waals surface area contributed by atoms with Gasteiger partial charge in [0.2, 0.25) is 0 Å². The molecule has 1 nitrogen and oxygen atoms in total. The Morgan fingerprint density at radius 1 is 1.17 bits per heavy atom. The Morgan fingerprint density at radius 2 is 1.83 bits per heavy atom. The number of hydrogen-bond donors (Lipinski definition) is 1. The van der Waals surface area contributed by atoms with Crippen LogP contribution in [0.1, 0.15) is 30.1 Å². The molecule has 0 spiro atoms. The second kappa shape index (κ2) is 4.75. The van der Waals surface area contributed by atoms with Crippen molar-refractivity contribution < 1.29 is 5.11 Å². The van der Waals surface area contributed by atoms with Gasteiger partial charge in [0.25, 0.3) is 0 Å². The molecule has 0 bridgehead atoms. The predicted molar refractivity (Wildman–Crippen MR) is 82.0 cm³/mol. The van der Waals surface area contributed by atoms with Crippen molar-refractivity contribution in [1.82, 2.24) is 0 Å². The maximum atomic E-state index is 10.7. The van der Waals surface area contributed by atoms with Gasteiger partial charge in [0, 0.05) is 11.0 Å². The number of hydrogen-bond acceptors (Lipinski definition) is 2. The van der Waals surface area contributed by atoms with Crippen LogP contribution in [0.5, 0.6) is 0 Å². The highest BCUT2D eigenvalue weighted by molar-refractivity contribution is 9.12. The van der Waals surface area contributed by atoms with E-state index in [2.05, 4.69) is 44.0 Å². The first-order chi connectivity index (χ1) is 8.63. The lowest BCUT2D eigenvalue weighted by molar-refractivity contribution is 0.133. The Labute approximate surface area is 127 Å². The summed E-state index contributed by atoms with van der Waals surface area (Å²) < 4.78 is 2.07. The van der Waals surface area contributed by atoms with E-state index < -0.39 is 6.10 Å². The lowest BCUT2D eigenvalue weighted by Crippen LogP contribution is -2.18. The van der Waals surface area contributed by atoms with Crippen LogP contribution in [0, 0.1) is 0 Å². The fourth-order valence-electron chi connectivity index (χ4n) is 2.46. The first kappa shape index (κ1) is 12.9. The topological polar surface area (TPSA) is 20.2 Å². The molecule has 1 N–H and O–H groups in total. The van der Waals surface area contributed by atoms with Crippen molar-refractivity contribution >= 4 is 43.2 Å². The van der Waals surface area contributed by atoms with Crippen LogP contribution in [-0.4, -0.2) is 5.11 Å². The van der Waals surface area contributed by atoms with E-state index in [-0.39, 0.29) is 5.41 Å². The molecule has 0 saturated heterocycles. The van der Waals surface area contributed by atoms with Crippen LogP contribution < -0.4 is 0 Å². The third-order valence-corrected chi connectivity index (χ3v) is 6.02. The Hall–Kier alpha value is -0.160. The third kappa shape index (κ3) is 2.09. The average Bonchev–Trinajstić information content (AvgIpc) is 3.11. The summed E-state index contributed by atoms with van der Waals surface area (Å²) in [5.74, 6) is 0. The van der Waals surface area contributed by atoms with E-state index in [1.54, 1.807) is 11.3 Å². The Balaban J connectivity index is 1.98. The maximum Gasteiger partial charge on any atom is 0.0906 e. The fraction of sp³-hybridized carbons (Fsp3) is 0.286. The molecule has 1 fully saturated rings. The molecule has 1 aliphatic rings. The molecule has 1 saturated carbocycles. The van der Waals surface area contributed by atoms with Crippen molar-refractivity contribution in [1.29, 1.82) is 0 Å². The summed E-state index contributed by atoms with van der Waals surface area (Å²) in [7, 11) is 0. The molecule has 1 unspecified atom stereocenters. The maximum absolute atomic E-state index is 10.7. The predicted octanol–water partition coefficient (Wildman–Crippen LogP) is 5.04. The highest BCUT2D eigenvalue weighted by Crippen LogP contribution is 2.58. The van der Waals surface area contributed by atoms with Crippen LogP contribution in [0.4, 0.5) is 0 Å². The summed E-state index contributed by atoms with van der Waals surface area (Å²) in [5.41, 5.74) is 2.16. The summed E-state index contributed by atoms with van der Waals surface area (Å²) in [6, 6.07) is 12.4. The van der Waals surface area contributed by atoms with Crippen LogP contribution in [0.25, 0.3) is 0 Å². The monoisotopic (exact) mass is 386 g/mol. The molecule has 1 aliphatic carbocycles. The minimum Gasteiger partial charge on any atom is -0.387 e. The normalized spacial score (nSPS) is 18.6. The van der Waals surface area contributed by atoms with Crippen LogP contribution in [0.15, 0.2) is 44.0 Å². The summed E-state index contributed by atoms with van der Waals surface area (Å²) in [5, 5.41) is 10.7. The second-order valence-corrected chi connectivity index (χ2v) is 8.45. The summed E-state index contributed by atoms with van der Waals surface area (Å²) in [4.78, 5) is 0. The Bertz CT molecular complexity index is 560. The van der Waals surface area contributed by atoms with E-state index in [9.17, 15) is 5.11 Å². The van der Waals surface area contributed by atoms with Gasteiger partial charge in [-0.15, -0.1) is 11.3 Å². The lowest BCUT2D eigenvalue weighted by atomic mass is 9.87. The molecule has 1 heterocycles. The third-order valence-electron chi connectivity index (χ3n) is 3.64. The number of thiophene rings is 1. The lowest BCUT2D eigenvalue weighted by Gasteiger charge is -2.22. The quantitative estimate of drug-likeness (QED) is 0.782. The average molecular weight is 388 g/mol. The van der Waals surface area contributed by atoms with Gasteiger partial charge in [-0.1, -0.05) is 30.3 Å². The van der Waals surface area contributed by atoms with Crippen molar-refractivity contribution in [3.8, 4) is 0 Å². The van der Waals surface area contributed by atoms with Gasteiger partial charge in [-0.3, -0.25) is 0 Å². The molecular weight excluding hydrogens is 376 g/mol. The van der Waals surface area contributed by atoms with Crippen LogP contribution in [0.2, 0.25) is 0 Å². The van der Waals surface area contributed by atoms with Crippen LogP contribution in [-0.2, 0) is 5.41 Å². The van der Waals surface area contributed by atoms with E-state index >= 15 is 0 Å². The second-order valence-electron chi connectivity index (χ2n) is 4.70. The Kier molecular flexibility index (Phi) is 3.39. The summed E-state index contributed by atoms with van der Waals surface area (Å²) in [6.07, 6.45) is 1.67. The molecular formula is C14H12Br2OS. The molecule has 3 rings (SSSR count). The van der Waals surface area contributed by atoms with Crippen LogP contribution in [0.3, 0.4) is 0 Å². The van der Waals surface area contributed by atoms with Gasteiger partial charge in [0.1, 0.15) is 0 Å². The first-order valence-electron chi connectivity index (χ1n) is 5.82. The first-order valence-corrected chi connectivity index (χ1v) is 8.22. The molecule has 1 atom stereocenters. The smallest absolute Gasteiger partial charge is 0.0906 e. The van der Waals surface area contributed by atoms with Gasteiger partial charge in [0.15, 0.2) is 0 Å². The highest BCUT2D eigenvalue weighted by atomic mass is 79.9. The minimum atomic E-state index is -0.433. The van der Waals surface area contributed by atoms with E-state index in [4.69, 9.17) is 0 Å². The van der Waals surface area contributed by atoms with Crippen molar-refractivity contribution in [3.63, 3.8) is 0 Å². The zero-order chi connectivity index (χ0) is 12.8. The molecule has 1 aromatic heterocycles. The van der Waals surface area contributed by atoms with E-state index in [0.29, 0.717) is 0 Å². The van der Waals surface area contributed by atoms with Gasteiger partial charge in [0.05, 0.1) is 13.7 Å². The molecule has 4 heteroatoms. The fourth-order valence-corrected chi connectivity index (χ4v) is 5.35. The van der Waals surface area contributed by atoms with Gasteiger partial charge >= 0.3 is 0 Å². The SMILES string of the molecule is OC(c1cc(Br)sc1Br)C1(c2ccccc2)CC1. The van der Waals surface area contributed by atoms with Gasteiger partial charge in [-0.05, 0) is 56.3 Å². The van der Waals surface area contributed by atoms with E-state index in [1.807, 2.05) is 24.3 Å². The number of rotatable bonds is 3. The Morgan fingerprint density at radius 3 is 2.33 bits per heavy atom. The highest BCUT2D eigenvalue weighted by Gasteiger charge is 2.51. The minimum absolute atomic E-state index is 0.0791. The molecule has 0 radical (unpaired) electrons. The van der Waals surface area contributed by atoms with Gasteiger partial charge in [-0.2, -0.15) is 0 Å². The molecule has 2 aromatic rings. The molecule has 1 aromatic carbocycles. The van der Waals surface area contributed by atoms with Crippen molar-refractivity contribution in [3.05, 3.63) is 55.1 Å². The summed E-state index contributed by atoms with van der Waals surface area (Å²) in [6.45, 7) is 0. The zero-order valence-corrected chi connectivity index (χ0v) is 13.6. The van der Waals surface area contributed by atoms with Crippen molar-refractivity contribution in [2.45, 2.75) is 24.4 Å². The van der Waals surface area contributed by atoms with Crippen molar-refractivity contribution in [2.75, 3.05) is 0 Å². The number of aliphatic hydroxyl groups is 1. The number of aliphatic hydroxyl groups excluding tert-OH is 1. The van der Waals surface area contributed by atoms with Crippen molar-refractivity contribution in [2.24, 2.45) is 0 Å². The molecule has 94 valence electrons. The summed E-state index contributed by atoms with van der Waals surface area (Å²) >= 11 is 8.62. The standard InChI is InChI=1S/C14H12Br2OS/c15-11-8-10(13(16)18-11)12(17)14(6-7-14)9-4-2-1-3-5-9/h1-5,8,12,17H,6-7H2. The van der Waals surface area contributed by atoms with E-state index in [1.165, 1.54) is 5.56 Å². The van der Waals surface area contributed by atoms with E-state index in [0.717, 1.165) is 26.0 Å².